The van der Waals surface area contributed by atoms with Crippen LogP contribution in [0.15, 0.2) is 91.0 Å². The van der Waals surface area contributed by atoms with E-state index < -0.39 is 15.8 Å². The Morgan fingerprint density at radius 1 is 0.639 bits per heavy atom. The summed E-state index contributed by atoms with van der Waals surface area (Å²) in [5, 5.41) is 26.2. The normalized spacial score (nSPS) is 12.5. The topological polar surface area (TPSA) is 86.3 Å². The van der Waals surface area contributed by atoms with E-state index in [2.05, 4.69) is 0 Å². The quantitative estimate of drug-likeness (QED) is 0.156. The van der Waals surface area contributed by atoms with Crippen LogP contribution in [0.1, 0.15) is 22.3 Å². The molecular formula is C28H26ClN2O4P. The van der Waals surface area contributed by atoms with Crippen LogP contribution in [0.25, 0.3) is 0 Å². The van der Waals surface area contributed by atoms with Crippen LogP contribution in [0.4, 0.5) is 11.4 Å². The summed E-state index contributed by atoms with van der Waals surface area (Å²) in [6.07, 6.45) is 0.177. The second-order valence-electron chi connectivity index (χ2n) is 9.07. The summed E-state index contributed by atoms with van der Waals surface area (Å²) in [6.45, 7) is 6.02. The zero-order chi connectivity index (χ0) is 26.1. The van der Waals surface area contributed by atoms with E-state index in [9.17, 15) is 20.2 Å². The fourth-order valence-electron chi connectivity index (χ4n) is 5.21. The van der Waals surface area contributed by atoms with Crippen LogP contribution in [0.3, 0.4) is 0 Å². The number of non-ortho nitro benzene ring substituents is 2. The Balaban J connectivity index is 2.21. The number of nitro benzene ring substituents is 2. The van der Waals surface area contributed by atoms with Crippen molar-refractivity contribution in [2.45, 2.75) is 26.9 Å². The van der Waals surface area contributed by atoms with Gasteiger partial charge in [-0.25, -0.2) is 0 Å². The number of hydrogen-bond acceptors (Lipinski definition) is 4. The third-order valence-corrected chi connectivity index (χ3v) is 14.2. The summed E-state index contributed by atoms with van der Waals surface area (Å²) in [7, 11) is 0. The molecule has 0 aliphatic carbocycles. The zero-order valence-electron chi connectivity index (χ0n) is 20.2. The molecule has 0 N–H and O–H groups in total. The molecule has 4 aromatic rings. The average Bonchev–Trinajstić information content (AvgIpc) is 2.84. The Labute approximate surface area is 214 Å². The van der Waals surface area contributed by atoms with Gasteiger partial charge in [-0.3, -0.25) is 0 Å². The molecule has 0 spiro atoms. The first-order chi connectivity index (χ1) is 17.1. The Kier molecular flexibility index (Phi) is 6.70. The Hall–Kier alpha value is -3.60. The maximum absolute atomic E-state index is 11.7. The van der Waals surface area contributed by atoms with E-state index in [1.165, 1.54) is 12.1 Å². The molecule has 4 aromatic carbocycles. The van der Waals surface area contributed by atoms with Gasteiger partial charge in [0.15, 0.2) is 0 Å². The molecule has 0 saturated heterocycles. The fourth-order valence-corrected chi connectivity index (χ4v) is 13.1. The summed E-state index contributed by atoms with van der Waals surface area (Å²) < 4.78 is 0. The van der Waals surface area contributed by atoms with Crippen molar-refractivity contribution < 1.29 is 9.85 Å². The molecule has 0 radical (unpaired) electrons. The molecule has 0 amide bonds. The summed E-state index contributed by atoms with van der Waals surface area (Å²) >= 11 is 8.28. The molecule has 0 atom stereocenters. The van der Waals surface area contributed by atoms with E-state index in [0.29, 0.717) is 5.56 Å². The first kappa shape index (κ1) is 25.5. The summed E-state index contributed by atoms with van der Waals surface area (Å²) in [5.74, 6) is -3.92. The first-order valence-electron chi connectivity index (χ1n) is 11.4. The van der Waals surface area contributed by atoms with Gasteiger partial charge in [0.05, 0.1) is 0 Å². The Morgan fingerprint density at radius 3 is 1.28 bits per heavy atom. The van der Waals surface area contributed by atoms with Crippen molar-refractivity contribution in [3.63, 3.8) is 0 Å². The van der Waals surface area contributed by atoms with E-state index in [1.54, 1.807) is 0 Å². The van der Waals surface area contributed by atoms with Crippen molar-refractivity contribution in [3.8, 4) is 0 Å². The molecule has 0 unspecified atom stereocenters. The van der Waals surface area contributed by atoms with Crippen LogP contribution < -0.4 is 15.9 Å². The van der Waals surface area contributed by atoms with Crippen LogP contribution >= 0.6 is 17.2 Å². The summed E-state index contributed by atoms with van der Waals surface area (Å²) in [5.41, 5.74) is 2.73. The molecule has 0 aliphatic rings. The van der Waals surface area contributed by atoms with Gasteiger partial charge < -0.3 is 0 Å². The molecule has 0 bridgehead atoms. The molecule has 4 rings (SSSR count). The molecule has 0 fully saturated rings. The second kappa shape index (κ2) is 9.45. The van der Waals surface area contributed by atoms with Crippen LogP contribution in [-0.4, -0.2) is 9.85 Å². The van der Waals surface area contributed by atoms with E-state index in [1.807, 2.05) is 93.6 Å². The molecule has 0 aliphatic heterocycles. The molecule has 36 heavy (non-hydrogen) atoms. The van der Waals surface area contributed by atoms with Crippen LogP contribution in [0, 0.1) is 41.0 Å². The van der Waals surface area contributed by atoms with Crippen molar-refractivity contribution >= 4 is 44.5 Å². The van der Waals surface area contributed by atoms with E-state index in [0.717, 1.165) is 38.7 Å². The molecule has 0 saturated carbocycles. The van der Waals surface area contributed by atoms with Gasteiger partial charge >= 0.3 is 215 Å². The van der Waals surface area contributed by atoms with Gasteiger partial charge in [-0.2, -0.15) is 0 Å². The van der Waals surface area contributed by atoms with Crippen molar-refractivity contribution in [2.24, 2.45) is 0 Å². The van der Waals surface area contributed by atoms with Gasteiger partial charge in [0, 0.05) is 0 Å². The zero-order valence-corrected chi connectivity index (χ0v) is 21.9. The minimum atomic E-state index is -3.92. The molecule has 0 heterocycles. The number of nitro groups is 2. The third-order valence-electron chi connectivity index (χ3n) is 6.72. The number of nitrogens with zero attached hydrogens (tertiary/aromatic N) is 2. The summed E-state index contributed by atoms with van der Waals surface area (Å²) in [4.78, 5) is 22.2. The summed E-state index contributed by atoms with van der Waals surface area (Å²) in [6, 6.07) is 27.6. The number of hydrogen-bond donors (Lipinski definition) is 0. The second-order valence-corrected chi connectivity index (χ2v) is 15.4. The van der Waals surface area contributed by atoms with Crippen LogP contribution in [0.5, 0.6) is 0 Å². The standard InChI is InChI=1S/C28H26ClN2O4P/c1-20-10-4-7-13-26(20)36(29,27-14-8-5-11-21(27)2,28-15-9-6-12-22(28)3)19-23-16-24(30(32)33)18-25(17-23)31(34)35/h4-18H,19H2,1-3H3. The van der Waals surface area contributed by atoms with E-state index in [4.69, 9.17) is 11.2 Å². The number of benzene rings is 4. The van der Waals surface area contributed by atoms with E-state index >= 15 is 0 Å². The van der Waals surface area contributed by atoms with Crippen LogP contribution in [-0.2, 0) is 6.16 Å². The molecule has 184 valence electrons. The number of rotatable bonds is 7. The Bertz CT molecular complexity index is 1360. The van der Waals surface area contributed by atoms with Crippen molar-refractivity contribution in [1.82, 2.24) is 0 Å². The predicted octanol–water partition coefficient (Wildman–Crippen LogP) is 6.61. The molecule has 8 heteroatoms. The van der Waals surface area contributed by atoms with Crippen molar-refractivity contribution in [1.29, 1.82) is 0 Å². The van der Waals surface area contributed by atoms with Gasteiger partial charge in [0.1, 0.15) is 0 Å². The van der Waals surface area contributed by atoms with Crippen molar-refractivity contribution in [2.75, 3.05) is 0 Å². The van der Waals surface area contributed by atoms with Crippen molar-refractivity contribution in [3.05, 3.63) is 133 Å². The van der Waals surface area contributed by atoms with Gasteiger partial charge in [0.2, 0.25) is 0 Å². The SMILES string of the molecule is Cc1ccccc1P(Cl)(Cc1cc([N+](=O)[O-])cc([N+](=O)[O-])c1)(c1ccccc1C)c1ccccc1C. The third kappa shape index (κ3) is 4.17. The minimum absolute atomic E-state index is 0.177. The van der Waals surface area contributed by atoms with Crippen LogP contribution in [0.2, 0.25) is 0 Å². The molecule has 6 nitrogen and oxygen atoms in total. The van der Waals surface area contributed by atoms with Gasteiger partial charge in [-0.15, -0.1) is 0 Å². The maximum atomic E-state index is 11.7. The first-order valence-corrected chi connectivity index (χ1v) is 14.7. The monoisotopic (exact) mass is 520 g/mol. The average molecular weight is 521 g/mol. The van der Waals surface area contributed by atoms with E-state index in [-0.39, 0.29) is 17.5 Å². The number of halogens is 1. The fraction of sp³-hybridized carbons (Fsp3) is 0.143. The predicted molar refractivity (Wildman–Crippen MR) is 149 cm³/mol. The van der Waals surface area contributed by atoms with Gasteiger partial charge in [0.25, 0.3) is 0 Å². The van der Waals surface area contributed by atoms with Gasteiger partial charge in [-0.05, 0) is 0 Å². The Morgan fingerprint density at radius 2 is 0.972 bits per heavy atom. The van der Waals surface area contributed by atoms with Gasteiger partial charge in [-0.1, -0.05) is 0 Å². The molecule has 0 aromatic heterocycles. The number of aryl methyl sites for hydroxylation is 3. The molecular weight excluding hydrogens is 495 g/mol.